The summed E-state index contributed by atoms with van der Waals surface area (Å²) in [6, 6.07) is 14.3. The zero-order valence-corrected chi connectivity index (χ0v) is 41.5. The lowest BCUT2D eigenvalue weighted by molar-refractivity contribution is -0.136. The van der Waals surface area contributed by atoms with Gasteiger partial charge >= 0.3 is 0 Å². The zero-order chi connectivity index (χ0) is 49.6. The van der Waals surface area contributed by atoms with Crippen molar-refractivity contribution in [2.75, 3.05) is 70.9 Å². The fourth-order valence-corrected chi connectivity index (χ4v) is 9.19. The third-order valence-corrected chi connectivity index (χ3v) is 13.6. The Balaban J connectivity index is 0.893. The molecule has 0 spiro atoms. The first-order valence-corrected chi connectivity index (χ1v) is 25.2. The van der Waals surface area contributed by atoms with Crippen LogP contribution in [-0.2, 0) is 49.9 Å². The van der Waals surface area contributed by atoms with Gasteiger partial charge in [-0.2, -0.15) is 5.10 Å². The summed E-state index contributed by atoms with van der Waals surface area (Å²) in [7, 11) is 1.65. The first kappa shape index (κ1) is 51.5. The van der Waals surface area contributed by atoms with Crippen molar-refractivity contribution < 1.29 is 38.2 Å². The van der Waals surface area contributed by atoms with Crippen LogP contribution < -0.4 is 20.9 Å². The molecule has 0 bridgehead atoms. The predicted molar refractivity (Wildman–Crippen MR) is 269 cm³/mol. The molecule has 70 heavy (non-hydrogen) atoms. The number of pyridine rings is 1. The summed E-state index contributed by atoms with van der Waals surface area (Å²) in [5, 5.41) is 13.5. The summed E-state index contributed by atoms with van der Waals surface area (Å²) in [5.74, 6) is 5.80. The monoisotopic (exact) mass is 973 g/mol. The minimum absolute atomic E-state index is 0.161. The number of carbonyl (C=O) groups is 5. The number of anilines is 1. The van der Waals surface area contributed by atoms with E-state index in [4.69, 9.17) is 24.3 Å². The standard InChI is InChI=1S/C52H63N9O8S/c1-6-34(2)11-9-23-61-35(3)41(31-55-61)38-17-19-45(59-24-21-37-13-7-15-39(42(37)32-59)48(63)58-52(53-4)70-5)56-47(38)50(65)54-22-26-68-28-30-69-29-27-67-25-10-14-36-12-8-16-40-43(36)33-60(51(40)66)44-18-20-46(62)57-49(44)64/h7-8,12-13,15-17,19,31,34,44H,6,9,11,18,20-30,32-33H2,1-5H3,(H,54,65)(H,53,58,63)(H,57,62,64). The minimum atomic E-state index is -0.686. The van der Waals surface area contributed by atoms with Crippen LogP contribution >= 0.6 is 11.8 Å². The molecule has 18 heteroatoms. The fourth-order valence-electron chi connectivity index (χ4n) is 8.81. The van der Waals surface area contributed by atoms with Gasteiger partial charge in [0.1, 0.15) is 24.2 Å². The smallest absolute Gasteiger partial charge is 0.270 e. The molecule has 370 valence electrons. The molecule has 4 aromatic rings. The van der Waals surface area contributed by atoms with Crippen molar-refractivity contribution in [2.45, 2.75) is 85.0 Å². The van der Waals surface area contributed by atoms with E-state index in [0.717, 1.165) is 53.8 Å². The van der Waals surface area contributed by atoms with Gasteiger partial charge in [-0.1, -0.05) is 62.1 Å². The molecule has 2 aromatic heterocycles. The third kappa shape index (κ3) is 12.7. The molecule has 2 aromatic carbocycles. The van der Waals surface area contributed by atoms with Gasteiger partial charge in [0.25, 0.3) is 17.7 Å². The third-order valence-electron chi connectivity index (χ3n) is 13.0. The first-order chi connectivity index (χ1) is 34.0. The molecule has 3 aliphatic heterocycles. The number of nitrogens with zero attached hydrogens (tertiary/aromatic N) is 6. The number of amides is 5. The van der Waals surface area contributed by atoms with Gasteiger partial charge in [0, 0.05) is 79.7 Å². The van der Waals surface area contributed by atoms with E-state index in [-0.39, 0.29) is 62.0 Å². The van der Waals surface area contributed by atoms with Crippen molar-refractivity contribution in [1.29, 1.82) is 0 Å². The SMILES string of the molecule is CCC(C)CCCn1ncc(-c2ccc(N3CCc4cccc(C(=O)NC(=NC)SC)c4C3)nc2C(=O)NCCOCCOCCOCC#Cc2cccc3c2CN(C2CCC(=O)NC2=O)C3=O)c1C. The number of benzene rings is 2. The lowest BCUT2D eigenvalue weighted by Crippen LogP contribution is -2.52. The number of piperidine rings is 1. The number of aryl methyl sites for hydroxylation is 1. The number of carbonyl (C=O) groups excluding carboxylic acids is 5. The van der Waals surface area contributed by atoms with Crippen LogP contribution in [0.25, 0.3) is 11.1 Å². The summed E-state index contributed by atoms with van der Waals surface area (Å²) in [5.41, 5.74) is 7.36. The lowest BCUT2D eigenvalue weighted by atomic mass is 9.94. The zero-order valence-electron chi connectivity index (χ0n) is 40.7. The van der Waals surface area contributed by atoms with Crippen LogP contribution in [0.1, 0.15) is 105 Å². The Morgan fingerprint density at radius 3 is 2.50 bits per heavy atom. The number of hydrogen-bond acceptors (Lipinski definition) is 13. The maximum Gasteiger partial charge on any atom is 0.270 e. The Morgan fingerprint density at radius 1 is 0.943 bits per heavy atom. The van der Waals surface area contributed by atoms with Crippen molar-refractivity contribution in [3.8, 4) is 23.0 Å². The van der Waals surface area contributed by atoms with Gasteiger partial charge in [-0.25, -0.2) is 4.98 Å². The minimum Gasteiger partial charge on any atom is -0.377 e. The quantitative estimate of drug-likeness (QED) is 0.0340. The van der Waals surface area contributed by atoms with Crippen molar-refractivity contribution >= 4 is 52.3 Å². The van der Waals surface area contributed by atoms with E-state index in [2.05, 4.69) is 57.6 Å². The molecule has 0 aliphatic carbocycles. The molecule has 2 atom stereocenters. The van der Waals surface area contributed by atoms with E-state index in [9.17, 15) is 24.0 Å². The molecular weight excluding hydrogens is 911 g/mol. The number of ether oxygens (including phenoxy) is 3. The number of aromatic nitrogens is 3. The molecule has 0 radical (unpaired) electrons. The van der Waals surface area contributed by atoms with E-state index in [1.165, 1.54) is 16.7 Å². The molecule has 1 saturated heterocycles. The van der Waals surface area contributed by atoms with Crippen LogP contribution in [0.4, 0.5) is 5.82 Å². The van der Waals surface area contributed by atoms with Gasteiger partial charge in [0.05, 0.1) is 39.2 Å². The largest absolute Gasteiger partial charge is 0.377 e. The first-order valence-electron chi connectivity index (χ1n) is 24.0. The number of fused-ring (bicyclic) bond motifs is 2. The van der Waals surface area contributed by atoms with Gasteiger partial charge in [0.15, 0.2) is 5.17 Å². The summed E-state index contributed by atoms with van der Waals surface area (Å²) < 4.78 is 19.1. The summed E-state index contributed by atoms with van der Waals surface area (Å²) >= 11 is 1.37. The Morgan fingerprint density at radius 2 is 1.73 bits per heavy atom. The van der Waals surface area contributed by atoms with E-state index in [1.807, 2.05) is 54.4 Å². The number of rotatable bonds is 20. The summed E-state index contributed by atoms with van der Waals surface area (Å²) in [6.07, 6.45) is 8.15. The Labute approximate surface area is 413 Å². The highest BCUT2D eigenvalue weighted by atomic mass is 32.2. The van der Waals surface area contributed by atoms with Crippen LogP contribution in [0.5, 0.6) is 0 Å². The molecule has 7 rings (SSSR count). The summed E-state index contributed by atoms with van der Waals surface area (Å²) in [6.45, 7) is 10.6. The Bertz CT molecular complexity index is 2660. The lowest BCUT2D eigenvalue weighted by Gasteiger charge is -2.31. The van der Waals surface area contributed by atoms with Crippen LogP contribution in [0.2, 0.25) is 0 Å². The summed E-state index contributed by atoms with van der Waals surface area (Å²) in [4.78, 5) is 77.4. The number of amidine groups is 1. The van der Waals surface area contributed by atoms with Crippen molar-refractivity contribution in [2.24, 2.45) is 10.9 Å². The molecule has 5 amide bonds. The number of thioether (sulfide) groups is 1. The van der Waals surface area contributed by atoms with Crippen molar-refractivity contribution in [3.05, 3.63) is 99.5 Å². The number of hydrogen-bond donors (Lipinski definition) is 3. The number of nitrogens with one attached hydrogen (secondary N) is 3. The molecule has 5 heterocycles. The van der Waals surface area contributed by atoms with Crippen LogP contribution in [0.3, 0.4) is 0 Å². The second kappa shape index (κ2) is 24.9. The molecular formula is C52H63N9O8S. The van der Waals surface area contributed by atoms with Gasteiger partial charge in [-0.05, 0) is 91.8 Å². The maximum atomic E-state index is 14.1. The van der Waals surface area contributed by atoms with E-state index in [1.54, 1.807) is 19.2 Å². The molecule has 17 nitrogen and oxygen atoms in total. The predicted octanol–water partition coefficient (Wildman–Crippen LogP) is 5.31. The van der Waals surface area contributed by atoms with Crippen LogP contribution in [0, 0.1) is 24.7 Å². The van der Waals surface area contributed by atoms with Crippen molar-refractivity contribution in [1.82, 2.24) is 35.6 Å². The molecule has 2 unspecified atom stereocenters. The topological polar surface area (TPSA) is 199 Å². The normalized spacial score (nSPS) is 16.0. The number of imide groups is 1. The molecule has 3 aliphatic rings. The number of aliphatic imine (C=N–C) groups is 1. The molecule has 0 saturated carbocycles. The molecule has 1 fully saturated rings. The second-order valence-electron chi connectivity index (χ2n) is 17.5. The highest BCUT2D eigenvalue weighted by Crippen LogP contribution is 2.32. The Hall–Kier alpha value is -6.39. The van der Waals surface area contributed by atoms with E-state index in [0.29, 0.717) is 91.5 Å². The maximum absolute atomic E-state index is 14.1. The van der Waals surface area contributed by atoms with Crippen LogP contribution in [-0.4, -0.2) is 126 Å². The van der Waals surface area contributed by atoms with Gasteiger partial charge in [0.2, 0.25) is 11.8 Å². The van der Waals surface area contributed by atoms with Gasteiger partial charge < -0.3 is 34.6 Å². The Kier molecular flexibility index (Phi) is 18.3. The average Bonchev–Trinajstić information content (AvgIpc) is 3.91. The second-order valence-corrected chi connectivity index (χ2v) is 18.3. The highest BCUT2D eigenvalue weighted by molar-refractivity contribution is 8.13. The highest BCUT2D eigenvalue weighted by Gasteiger charge is 2.39. The van der Waals surface area contributed by atoms with E-state index >= 15 is 0 Å². The van der Waals surface area contributed by atoms with Gasteiger partial charge in [-0.3, -0.25) is 39.0 Å². The average molecular weight is 974 g/mol. The van der Waals surface area contributed by atoms with Gasteiger partial charge in [-0.15, -0.1) is 0 Å². The fraction of sp³-hybridized carbons (Fsp3) is 0.462. The van der Waals surface area contributed by atoms with Crippen molar-refractivity contribution in [3.63, 3.8) is 0 Å². The van der Waals surface area contributed by atoms with Crippen LogP contribution in [0.15, 0.2) is 59.7 Å². The van der Waals surface area contributed by atoms with E-state index < -0.39 is 11.9 Å². The molecule has 3 N–H and O–H groups in total.